The highest BCUT2D eigenvalue weighted by molar-refractivity contribution is 4.87. The van der Waals surface area contributed by atoms with Crippen molar-refractivity contribution in [3.05, 3.63) is 12.2 Å². The van der Waals surface area contributed by atoms with Crippen molar-refractivity contribution < 1.29 is 10.2 Å². The van der Waals surface area contributed by atoms with E-state index in [0.717, 1.165) is 12.8 Å². The topological polar surface area (TPSA) is 40.5 Å². The summed E-state index contributed by atoms with van der Waals surface area (Å²) in [5.41, 5.74) is 0. The molecule has 2 nitrogen and oxygen atoms in total. The number of unbranched alkanes of at least 4 members (excludes halogenated alkanes) is 2. The van der Waals surface area contributed by atoms with Crippen molar-refractivity contribution in [2.75, 3.05) is 6.61 Å². The number of aliphatic hydroxyl groups excluding tert-OH is 2. The summed E-state index contributed by atoms with van der Waals surface area (Å²) in [5.74, 6) is 0. The molecule has 0 bridgehead atoms. The van der Waals surface area contributed by atoms with Gasteiger partial charge in [-0.1, -0.05) is 38.3 Å². The van der Waals surface area contributed by atoms with E-state index in [2.05, 4.69) is 6.92 Å². The fourth-order valence-electron chi connectivity index (χ4n) is 0.918. The summed E-state index contributed by atoms with van der Waals surface area (Å²) in [6.07, 6.45) is 7.08. The Morgan fingerprint density at radius 3 is 2.64 bits per heavy atom. The summed E-state index contributed by atoms with van der Waals surface area (Å²) in [6.45, 7) is 2.15. The van der Waals surface area contributed by atoms with Crippen molar-refractivity contribution in [3.63, 3.8) is 0 Å². The molecule has 0 amide bonds. The van der Waals surface area contributed by atoms with E-state index in [1.807, 2.05) is 0 Å². The maximum absolute atomic E-state index is 9.21. The van der Waals surface area contributed by atoms with E-state index >= 15 is 0 Å². The average molecular weight is 158 g/mol. The van der Waals surface area contributed by atoms with Crippen LogP contribution in [-0.4, -0.2) is 22.9 Å². The molecule has 0 spiro atoms. The summed E-state index contributed by atoms with van der Waals surface area (Å²) >= 11 is 0. The highest BCUT2D eigenvalue weighted by Crippen LogP contribution is 2.03. The largest absolute Gasteiger partial charge is 0.392 e. The second kappa shape index (κ2) is 7.76. The number of aliphatic hydroxyl groups is 2. The molecule has 0 aromatic carbocycles. The molecule has 0 unspecified atom stereocenters. The predicted molar refractivity (Wildman–Crippen MR) is 46.4 cm³/mol. The summed E-state index contributed by atoms with van der Waals surface area (Å²) in [7, 11) is 0. The van der Waals surface area contributed by atoms with Crippen LogP contribution in [0.3, 0.4) is 0 Å². The van der Waals surface area contributed by atoms with E-state index < -0.39 is 0 Å². The third-order valence-electron chi connectivity index (χ3n) is 1.57. The summed E-state index contributed by atoms with van der Waals surface area (Å²) < 4.78 is 0. The Labute approximate surface area is 68.6 Å². The van der Waals surface area contributed by atoms with Gasteiger partial charge < -0.3 is 10.2 Å². The van der Waals surface area contributed by atoms with Gasteiger partial charge in [-0.15, -0.1) is 0 Å². The Hall–Kier alpha value is -0.340. The SMILES string of the molecule is CCCCC[C@@H](O)/C=C/CO. The van der Waals surface area contributed by atoms with Crippen LogP contribution in [0.25, 0.3) is 0 Å². The molecular formula is C9H18O2. The number of rotatable bonds is 6. The quantitative estimate of drug-likeness (QED) is 0.454. The van der Waals surface area contributed by atoms with Crippen molar-refractivity contribution in [3.8, 4) is 0 Å². The van der Waals surface area contributed by atoms with Crippen molar-refractivity contribution in [2.45, 2.75) is 38.7 Å². The molecule has 0 aromatic heterocycles. The van der Waals surface area contributed by atoms with Gasteiger partial charge in [-0.3, -0.25) is 0 Å². The Balaban J connectivity index is 3.21. The molecule has 0 fully saturated rings. The van der Waals surface area contributed by atoms with Crippen LogP contribution in [0.4, 0.5) is 0 Å². The maximum atomic E-state index is 9.21. The molecule has 0 heterocycles. The first-order chi connectivity index (χ1) is 5.31. The van der Waals surface area contributed by atoms with Crippen LogP contribution in [-0.2, 0) is 0 Å². The minimum atomic E-state index is -0.367. The third kappa shape index (κ3) is 7.56. The lowest BCUT2D eigenvalue weighted by atomic mass is 10.1. The third-order valence-corrected chi connectivity index (χ3v) is 1.57. The molecular weight excluding hydrogens is 140 g/mol. The molecule has 0 saturated carbocycles. The van der Waals surface area contributed by atoms with Gasteiger partial charge in [0.2, 0.25) is 0 Å². The molecule has 0 saturated heterocycles. The molecule has 0 rings (SSSR count). The van der Waals surface area contributed by atoms with Crippen LogP contribution < -0.4 is 0 Å². The highest BCUT2D eigenvalue weighted by Gasteiger charge is 1.96. The molecule has 66 valence electrons. The van der Waals surface area contributed by atoms with Crippen molar-refractivity contribution >= 4 is 0 Å². The summed E-state index contributed by atoms with van der Waals surface area (Å²) in [6, 6.07) is 0. The molecule has 1 atom stereocenters. The smallest absolute Gasteiger partial charge is 0.0721 e. The first-order valence-electron chi connectivity index (χ1n) is 4.26. The number of hydrogen-bond acceptors (Lipinski definition) is 2. The van der Waals surface area contributed by atoms with Crippen LogP contribution in [0.15, 0.2) is 12.2 Å². The van der Waals surface area contributed by atoms with E-state index in [9.17, 15) is 5.11 Å². The predicted octanol–water partition coefficient (Wildman–Crippen LogP) is 1.48. The molecule has 0 aliphatic carbocycles. The van der Waals surface area contributed by atoms with E-state index in [4.69, 9.17) is 5.11 Å². The first kappa shape index (κ1) is 10.7. The van der Waals surface area contributed by atoms with E-state index in [0.29, 0.717) is 0 Å². The van der Waals surface area contributed by atoms with Crippen LogP contribution in [0.5, 0.6) is 0 Å². The van der Waals surface area contributed by atoms with Crippen molar-refractivity contribution in [1.82, 2.24) is 0 Å². The van der Waals surface area contributed by atoms with Gasteiger partial charge in [-0.2, -0.15) is 0 Å². The molecule has 2 heteroatoms. The van der Waals surface area contributed by atoms with Gasteiger partial charge in [0.25, 0.3) is 0 Å². The minimum Gasteiger partial charge on any atom is -0.392 e. The highest BCUT2D eigenvalue weighted by atomic mass is 16.3. The fraction of sp³-hybridized carbons (Fsp3) is 0.778. The van der Waals surface area contributed by atoms with Gasteiger partial charge in [0.05, 0.1) is 12.7 Å². The monoisotopic (exact) mass is 158 g/mol. The normalized spacial score (nSPS) is 14.1. The lowest BCUT2D eigenvalue weighted by Gasteiger charge is -2.03. The standard InChI is InChI=1S/C9H18O2/c1-2-3-4-6-9(11)7-5-8-10/h5,7,9-11H,2-4,6,8H2,1H3/b7-5+/t9-/m1/s1. The van der Waals surface area contributed by atoms with Crippen LogP contribution in [0.1, 0.15) is 32.6 Å². The van der Waals surface area contributed by atoms with E-state index in [-0.39, 0.29) is 12.7 Å². The average Bonchev–Trinajstić information content (AvgIpc) is 2.01. The van der Waals surface area contributed by atoms with Crippen LogP contribution in [0.2, 0.25) is 0 Å². The van der Waals surface area contributed by atoms with Crippen molar-refractivity contribution in [1.29, 1.82) is 0 Å². The second-order valence-electron chi connectivity index (χ2n) is 2.67. The van der Waals surface area contributed by atoms with Gasteiger partial charge in [-0.05, 0) is 6.42 Å². The zero-order valence-corrected chi connectivity index (χ0v) is 7.16. The maximum Gasteiger partial charge on any atom is 0.0721 e. The molecule has 0 aliphatic rings. The van der Waals surface area contributed by atoms with E-state index in [1.165, 1.54) is 12.8 Å². The molecule has 11 heavy (non-hydrogen) atoms. The Kier molecular flexibility index (Phi) is 7.52. The zero-order valence-electron chi connectivity index (χ0n) is 7.16. The zero-order chi connectivity index (χ0) is 8.53. The molecule has 2 N–H and O–H groups in total. The van der Waals surface area contributed by atoms with E-state index in [1.54, 1.807) is 12.2 Å². The summed E-state index contributed by atoms with van der Waals surface area (Å²) in [4.78, 5) is 0. The lowest BCUT2D eigenvalue weighted by Crippen LogP contribution is -2.01. The van der Waals surface area contributed by atoms with Crippen LogP contribution >= 0.6 is 0 Å². The number of hydrogen-bond donors (Lipinski definition) is 2. The Morgan fingerprint density at radius 1 is 1.36 bits per heavy atom. The van der Waals surface area contributed by atoms with Gasteiger partial charge in [0.1, 0.15) is 0 Å². The van der Waals surface area contributed by atoms with Gasteiger partial charge in [-0.25, -0.2) is 0 Å². The molecule has 0 aliphatic heterocycles. The minimum absolute atomic E-state index is 0.0187. The summed E-state index contributed by atoms with van der Waals surface area (Å²) in [5, 5.41) is 17.6. The van der Waals surface area contributed by atoms with Gasteiger partial charge in [0, 0.05) is 0 Å². The van der Waals surface area contributed by atoms with Crippen molar-refractivity contribution in [2.24, 2.45) is 0 Å². The molecule has 0 radical (unpaired) electrons. The second-order valence-corrected chi connectivity index (χ2v) is 2.67. The first-order valence-corrected chi connectivity index (χ1v) is 4.26. The Morgan fingerprint density at radius 2 is 2.09 bits per heavy atom. The lowest BCUT2D eigenvalue weighted by molar-refractivity contribution is 0.207. The van der Waals surface area contributed by atoms with Gasteiger partial charge in [0.15, 0.2) is 0 Å². The van der Waals surface area contributed by atoms with Crippen LogP contribution in [0, 0.1) is 0 Å². The fourth-order valence-corrected chi connectivity index (χ4v) is 0.918. The Bertz CT molecular complexity index is 99.7. The molecule has 0 aromatic rings. The van der Waals surface area contributed by atoms with Gasteiger partial charge >= 0.3 is 0 Å².